The molecular weight excluding hydrogens is 338 g/mol. The molecule has 5 heteroatoms. The lowest BCUT2D eigenvalue weighted by Crippen LogP contribution is -2.27. The minimum Gasteiger partial charge on any atom is -0.298 e. The Bertz CT molecular complexity index is 869. The van der Waals surface area contributed by atoms with Gasteiger partial charge < -0.3 is 0 Å². The smallest absolute Gasteiger partial charge is 0.270 e. The number of benzene rings is 2. The first kappa shape index (κ1) is 16.6. The third-order valence-corrected chi connectivity index (χ3v) is 5.21. The zero-order valence-corrected chi connectivity index (χ0v) is 14.9. The topological polar surface area (TPSA) is 37.4 Å². The Kier molecular flexibility index (Phi) is 4.64. The average Bonchev–Trinajstić information content (AvgIpc) is 2.85. The molecule has 3 nitrogen and oxygen atoms in total. The molecular formula is C19H15NO2S2. The van der Waals surface area contributed by atoms with Gasteiger partial charge in [0, 0.05) is 5.56 Å². The fraction of sp³-hybridized carbons (Fsp3) is 0.105. The number of hydrogen-bond acceptors (Lipinski definition) is 4. The standard InChI is InChI=1S/C19H15NO2S2/c1-12-3-8-16(9-13(12)2)20-18(22)17(24-19(20)23)10-14-4-6-15(11-21)7-5-14/h3-11H,1-2H3/b17-10+. The van der Waals surface area contributed by atoms with E-state index in [9.17, 15) is 9.59 Å². The van der Waals surface area contributed by atoms with Gasteiger partial charge in [0.25, 0.3) is 5.91 Å². The van der Waals surface area contributed by atoms with Gasteiger partial charge in [0.1, 0.15) is 6.29 Å². The van der Waals surface area contributed by atoms with Gasteiger partial charge in [-0.15, -0.1) is 0 Å². The Morgan fingerprint density at radius 1 is 1.00 bits per heavy atom. The molecule has 0 atom stereocenters. The van der Waals surface area contributed by atoms with E-state index in [1.54, 1.807) is 23.1 Å². The summed E-state index contributed by atoms with van der Waals surface area (Å²) in [5.74, 6) is -0.118. The Morgan fingerprint density at radius 2 is 1.67 bits per heavy atom. The predicted molar refractivity (Wildman–Crippen MR) is 103 cm³/mol. The number of thioether (sulfide) groups is 1. The molecule has 0 aliphatic carbocycles. The molecule has 0 saturated carbocycles. The predicted octanol–water partition coefficient (Wildman–Crippen LogP) is 4.52. The average molecular weight is 353 g/mol. The van der Waals surface area contributed by atoms with Crippen molar-refractivity contribution in [3.8, 4) is 0 Å². The number of thiocarbonyl (C=S) groups is 1. The molecule has 1 fully saturated rings. The van der Waals surface area contributed by atoms with Gasteiger partial charge in [-0.05, 0) is 48.7 Å². The Labute approximate surface area is 150 Å². The monoisotopic (exact) mass is 353 g/mol. The molecule has 0 aromatic heterocycles. The minimum absolute atomic E-state index is 0.118. The summed E-state index contributed by atoms with van der Waals surface area (Å²) < 4.78 is 0.527. The molecule has 0 unspecified atom stereocenters. The van der Waals surface area contributed by atoms with Crippen LogP contribution in [-0.2, 0) is 4.79 Å². The number of aryl methyl sites for hydroxylation is 2. The molecule has 1 heterocycles. The van der Waals surface area contributed by atoms with E-state index in [2.05, 4.69) is 0 Å². The van der Waals surface area contributed by atoms with Gasteiger partial charge in [-0.1, -0.05) is 54.3 Å². The molecule has 0 N–H and O–H groups in total. The normalized spacial score (nSPS) is 16.1. The molecule has 3 rings (SSSR count). The lowest BCUT2D eigenvalue weighted by Gasteiger charge is -2.15. The van der Waals surface area contributed by atoms with Crippen molar-refractivity contribution < 1.29 is 9.59 Å². The van der Waals surface area contributed by atoms with E-state index >= 15 is 0 Å². The van der Waals surface area contributed by atoms with E-state index < -0.39 is 0 Å². The highest BCUT2D eigenvalue weighted by molar-refractivity contribution is 8.27. The third kappa shape index (κ3) is 3.18. The van der Waals surface area contributed by atoms with Crippen LogP contribution >= 0.6 is 24.0 Å². The lowest BCUT2D eigenvalue weighted by atomic mass is 10.1. The molecule has 120 valence electrons. The lowest BCUT2D eigenvalue weighted by molar-refractivity contribution is -0.113. The maximum atomic E-state index is 12.7. The number of hydrogen-bond donors (Lipinski definition) is 0. The highest BCUT2D eigenvalue weighted by Crippen LogP contribution is 2.36. The summed E-state index contributed by atoms with van der Waals surface area (Å²) in [6.07, 6.45) is 2.60. The van der Waals surface area contributed by atoms with Gasteiger partial charge in [-0.3, -0.25) is 14.5 Å². The summed E-state index contributed by atoms with van der Waals surface area (Å²) in [6.45, 7) is 4.05. The van der Waals surface area contributed by atoms with Crippen LogP contribution in [0.3, 0.4) is 0 Å². The molecule has 2 aromatic rings. The van der Waals surface area contributed by atoms with Gasteiger partial charge >= 0.3 is 0 Å². The second-order valence-electron chi connectivity index (χ2n) is 5.57. The van der Waals surface area contributed by atoms with Crippen molar-refractivity contribution in [2.24, 2.45) is 0 Å². The zero-order chi connectivity index (χ0) is 17.3. The summed E-state index contributed by atoms with van der Waals surface area (Å²) in [6, 6.07) is 13.0. The number of anilines is 1. The number of amides is 1. The van der Waals surface area contributed by atoms with Crippen LogP contribution in [0.25, 0.3) is 6.08 Å². The van der Waals surface area contributed by atoms with E-state index in [0.29, 0.717) is 14.8 Å². The van der Waals surface area contributed by atoms with Crippen LogP contribution in [-0.4, -0.2) is 16.5 Å². The highest BCUT2D eigenvalue weighted by Gasteiger charge is 2.33. The van der Waals surface area contributed by atoms with Crippen molar-refractivity contribution in [1.29, 1.82) is 0 Å². The van der Waals surface area contributed by atoms with Gasteiger partial charge in [0.2, 0.25) is 0 Å². The molecule has 1 aliphatic rings. The number of nitrogens with zero attached hydrogens (tertiary/aromatic N) is 1. The van der Waals surface area contributed by atoms with Gasteiger partial charge in [0.15, 0.2) is 4.32 Å². The van der Waals surface area contributed by atoms with Crippen molar-refractivity contribution >= 4 is 52.3 Å². The summed E-state index contributed by atoms with van der Waals surface area (Å²) in [4.78, 5) is 25.6. The fourth-order valence-electron chi connectivity index (χ4n) is 2.38. The van der Waals surface area contributed by atoms with Gasteiger partial charge in [-0.2, -0.15) is 0 Å². The summed E-state index contributed by atoms with van der Waals surface area (Å²) in [5.41, 5.74) is 4.56. The number of rotatable bonds is 3. The fourth-order valence-corrected chi connectivity index (χ4v) is 3.68. The SMILES string of the molecule is Cc1ccc(N2C(=O)/C(=C\c3ccc(C=O)cc3)SC2=S)cc1C. The molecule has 0 bridgehead atoms. The molecule has 1 aliphatic heterocycles. The quantitative estimate of drug-likeness (QED) is 0.462. The van der Waals surface area contributed by atoms with E-state index in [1.165, 1.54) is 17.3 Å². The Hall–Kier alpha value is -2.24. The van der Waals surface area contributed by atoms with Crippen LogP contribution in [0.2, 0.25) is 0 Å². The zero-order valence-electron chi connectivity index (χ0n) is 13.3. The molecule has 24 heavy (non-hydrogen) atoms. The first-order valence-corrected chi connectivity index (χ1v) is 8.62. The summed E-state index contributed by atoms with van der Waals surface area (Å²) >= 11 is 6.68. The van der Waals surface area contributed by atoms with Crippen LogP contribution in [0.4, 0.5) is 5.69 Å². The molecule has 1 amide bonds. The largest absolute Gasteiger partial charge is 0.298 e. The second-order valence-corrected chi connectivity index (χ2v) is 7.25. The Morgan fingerprint density at radius 3 is 2.29 bits per heavy atom. The molecule has 0 radical (unpaired) electrons. The van der Waals surface area contributed by atoms with Crippen LogP contribution < -0.4 is 4.90 Å². The Balaban J connectivity index is 1.91. The van der Waals surface area contributed by atoms with Crippen LogP contribution in [0.15, 0.2) is 47.4 Å². The van der Waals surface area contributed by atoms with Crippen molar-refractivity contribution in [3.63, 3.8) is 0 Å². The number of carbonyl (C=O) groups excluding carboxylic acids is 2. The van der Waals surface area contributed by atoms with E-state index in [0.717, 1.165) is 23.1 Å². The van der Waals surface area contributed by atoms with Crippen LogP contribution in [0, 0.1) is 13.8 Å². The third-order valence-electron chi connectivity index (χ3n) is 3.91. The molecule has 1 saturated heterocycles. The van der Waals surface area contributed by atoms with Crippen molar-refractivity contribution in [2.75, 3.05) is 4.90 Å². The molecule has 0 spiro atoms. The van der Waals surface area contributed by atoms with Crippen LogP contribution in [0.5, 0.6) is 0 Å². The van der Waals surface area contributed by atoms with Gasteiger partial charge in [-0.25, -0.2) is 0 Å². The van der Waals surface area contributed by atoms with E-state index in [4.69, 9.17) is 12.2 Å². The van der Waals surface area contributed by atoms with Crippen molar-refractivity contribution in [3.05, 3.63) is 69.6 Å². The maximum absolute atomic E-state index is 12.7. The maximum Gasteiger partial charge on any atom is 0.270 e. The van der Waals surface area contributed by atoms with Crippen molar-refractivity contribution in [1.82, 2.24) is 0 Å². The number of aldehydes is 1. The second kappa shape index (κ2) is 6.71. The van der Waals surface area contributed by atoms with Gasteiger partial charge in [0.05, 0.1) is 10.6 Å². The first-order valence-electron chi connectivity index (χ1n) is 7.40. The van der Waals surface area contributed by atoms with Crippen molar-refractivity contribution in [2.45, 2.75) is 13.8 Å². The summed E-state index contributed by atoms with van der Waals surface area (Å²) in [5, 5.41) is 0. The minimum atomic E-state index is -0.118. The first-order chi connectivity index (χ1) is 11.5. The highest BCUT2D eigenvalue weighted by atomic mass is 32.2. The molecule has 2 aromatic carbocycles. The number of carbonyl (C=O) groups is 2. The van der Waals surface area contributed by atoms with E-state index in [-0.39, 0.29) is 5.91 Å². The summed E-state index contributed by atoms with van der Waals surface area (Å²) in [7, 11) is 0. The van der Waals surface area contributed by atoms with E-state index in [1.807, 2.05) is 44.2 Å². The van der Waals surface area contributed by atoms with Crippen LogP contribution in [0.1, 0.15) is 27.0 Å².